The molecule has 1 unspecified atom stereocenters. The molecule has 0 radical (unpaired) electrons. The predicted molar refractivity (Wildman–Crippen MR) is 61.9 cm³/mol. The lowest BCUT2D eigenvalue weighted by atomic mass is 10.00. The van der Waals surface area contributed by atoms with Crippen molar-refractivity contribution in [3.05, 3.63) is 71.0 Å². The van der Waals surface area contributed by atoms with Crippen molar-refractivity contribution in [2.45, 2.75) is 12.3 Å². The molecular weight excluding hydrogens is 260 g/mol. The highest BCUT2D eigenvalue weighted by Gasteiger charge is 2.30. The van der Waals surface area contributed by atoms with Crippen LogP contribution in [0.3, 0.4) is 0 Å². The molecule has 0 fully saturated rings. The third kappa shape index (κ3) is 2.93. The zero-order valence-electron chi connectivity index (χ0n) is 9.66. The molecule has 0 spiro atoms. The van der Waals surface area contributed by atoms with E-state index in [2.05, 4.69) is 0 Å². The van der Waals surface area contributed by atoms with Crippen LogP contribution in [0.25, 0.3) is 0 Å². The van der Waals surface area contributed by atoms with Crippen LogP contribution < -0.4 is 0 Å². The summed E-state index contributed by atoms with van der Waals surface area (Å²) in [6, 6.07) is 9.59. The summed E-state index contributed by atoms with van der Waals surface area (Å²) in [4.78, 5) is 0. The topological polar surface area (TPSA) is 20.2 Å². The van der Waals surface area contributed by atoms with E-state index in [1.165, 1.54) is 18.2 Å². The molecule has 0 aliphatic carbocycles. The Bertz CT molecular complexity index is 560. The van der Waals surface area contributed by atoms with Crippen molar-refractivity contribution >= 4 is 0 Å². The molecule has 0 amide bonds. The Hall–Kier alpha value is -1.88. The van der Waals surface area contributed by atoms with Crippen LogP contribution in [0.1, 0.15) is 22.8 Å². The van der Waals surface area contributed by atoms with E-state index in [0.29, 0.717) is 0 Å². The highest BCUT2D eigenvalue weighted by atomic mass is 19.4. The summed E-state index contributed by atoms with van der Waals surface area (Å²) in [5.74, 6) is -0.602. The highest BCUT2D eigenvalue weighted by Crippen LogP contribution is 2.31. The maximum atomic E-state index is 13.5. The third-order valence-corrected chi connectivity index (χ3v) is 2.75. The van der Waals surface area contributed by atoms with Crippen LogP contribution >= 0.6 is 0 Å². The molecule has 2 aromatic carbocycles. The van der Waals surface area contributed by atoms with E-state index in [1.54, 1.807) is 6.07 Å². The van der Waals surface area contributed by atoms with Gasteiger partial charge in [-0.3, -0.25) is 0 Å². The Morgan fingerprint density at radius 1 is 0.895 bits per heavy atom. The molecule has 2 rings (SSSR count). The molecule has 5 heteroatoms. The van der Waals surface area contributed by atoms with Crippen molar-refractivity contribution in [3.63, 3.8) is 0 Å². The Kier molecular flexibility index (Phi) is 3.57. The average Bonchev–Trinajstić information content (AvgIpc) is 2.38. The molecule has 0 aromatic heterocycles. The second-order valence-electron chi connectivity index (χ2n) is 4.04. The van der Waals surface area contributed by atoms with Gasteiger partial charge in [0.15, 0.2) is 0 Å². The molecule has 0 aliphatic rings. The Morgan fingerprint density at radius 2 is 1.47 bits per heavy atom. The zero-order valence-corrected chi connectivity index (χ0v) is 9.66. The van der Waals surface area contributed by atoms with Gasteiger partial charge < -0.3 is 5.11 Å². The minimum Gasteiger partial charge on any atom is -0.384 e. The molecule has 1 atom stereocenters. The Labute approximate surface area is 107 Å². The number of hydrogen-bond donors (Lipinski definition) is 1. The minimum atomic E-state index is -4.43. The normalized spacial score (nSPS) is 13.3. The number of hydrogen-bond acceptors (Lipinski definition) is 1. The first-order chi connectivity index (χ1) is 8.89. The fourth-order valence-electron chi connectivity index (χ4n) is 1.73. The number of rotatable bonds is 2. The van der Waals surface area contributed by atoms with E-state index < -0.39 is 23.7 Å². The first kappa shape index (κ1) is 13.5. The molecule has 0 saturated carbocycles. The molecule has 0 aliphatic heterocycles. The second-order valence-corrected chi connectivity index (χ2v) is 4.04. The lowest BCUT2D eigenvalue weighted by molar-refractivity contribution is -0.137. The van der Waals surface area contributed by atoms with E-state index >= 15 is 0 Å². The van der Waals surface area contributed by atoms with Gasteiger partial charge in [-0.05, 0) is 23.8 Å². The largest absolute Gasteiger partial charge is 0.416 e. The Morgan fingerprint density at radius 3 is 2.00 bits per heavy atom. The first-order valence-corrected chi connectivity index (χ1v) is 5.49. The van der Waals surface area contributed by atoms with Crippen LogP contribution in [0.4, 0.5) is 17.6 Å². The van der Waals surface area contributed by atoms with Crippen LogP contribution in [-0.4, -0.2) is 5.11 Å². The molecule has 100 valence electrons. The SMILES string of the molecule is OC(c1ccc(C(F)(F)F)cc1)c1ccccc1F. The molecular formula is C14H10F4O. The van der Waals surface area contributed by atoms with Crippen LogP contribution in [0.2, 0.25) is 0 Å². The monoisotopic (exact) mass is 270 g/mol. The third-order valence-electron chi connectivity index (χ3n) is 2.75. The molecule has 1 nitrogen and oxygen atoms in total. The van der Waals surface area contributed by atoms with Gasteiger partial charge in [0.05, 0.1) is 5.56 Å². The van der Waals surface area contributed by atoms with Gasteiger partial charge in [-0.15, -0.1) is 0 Å². The summed E-state index contributed by atoms with van der Waals surface area (Å²) >= 11 is 0. The zero-order chi connectivity index (χ0) is 14.0. The van der Waals surface area contributed by atoms with E-state index in [1.807, 2.05) is 0 Å². The van der Waals surface area contributed by atoms with Gasteiger partial charge in [-0.1, -0.05) is 30.3 Å². The summed E-state index contributed by atoms with van der Waals surface area (Å²) < 4.78 is 50.6. The fourth-order valence-corrected chi connectivity index (χ4v) is 1.73. The van der Waals surface area contributed by atoms with Gasteiger partial charge in [0.1, 0.15) is 11.9 Å². The highest BCUT2D eigenvalue weighted by molar-refractivity contribution is 5.33. The number of benzene rings is 2. The molecule has 0 bridgehead atoms. The van der Waals surface area contributed by atoms with E-state index in [0.717, 1.165) is 24.3 Å². The summed E-state index contributed by atoms with van der Waals surface area (Å²) in [5.41, 5.74) is -0.572. The smallest absolute Gasteiger partial charge is 0.384 e. The fraction of sp³-hybridized carbons (Fsp3) is 0.143. The van der Waals surface area contributed by atoms with Crippen molar-refractivity contribution in [1.29, 1.82) is 0 Å². The molecule has 0 heterocycles. The van der Waals surface area contributed by atoms with Gasteiger partial charge >= 0.3 is 6.18 Å². The molecule has 19 heavy (non-hydrogen) atoms. The van der Waals surface area contributed by atoms with Crippen LogP contribution in [0.5, 0.6) is 0 Å². The van der Waals surface area contributed by atoms with Crippen LogP contribution in [-0.2, 0) is 6.18 Å². The maximum absolute atomic E-state index is 13.5. The first-order valence-electron chi connectivity index (χ1n) is 5.49. The predicted octanol–water partition coefficient (Wildman–Crippen LogP) is 3.93. The summed E-state index contributed by atoms with van der Waals surface area (Å²) in [6.45, 7) is 0. The lowest BCUT2D eigenvalue weighted by Crippen LogP contribution is -2.06. The number of halogens is 4. The Balaban J connectivity index is 2.31. The number of alkyl halides is 3. The van der Waals surface area contributed by atoms with E-state index in [9.17, 15) is 22.7 Å². The van der Waals surface area contributed by atoms with Crippen LogP contribution in [0, 0.1) is 5.82 Å². The van der Waals surface area contributed by atoms with Crippen molar-refractivity contribution in [2.24, 2.45) is 0 Å². The average molecular weight is 270 g/mol. The van der Waals surface area contributed by atoms with E-state index in [-0.39, 0.29) is 11.1 Å². The van der Waals surface area contributed by atoms with Crippen molar-refractivity contribution in [3.8, 4) is 0 Å². The standard InChI is InChI=1S/C14H10F4O/c15-12-4-2-1-3-11(12)13(19)9-5-7-10(8-6-9)14(16,17)18/h1-8,13,19H. The summed E-state index contributed by atoms with van der Waals surface area (Å²) in [6.07, 6.45) is -5.72. The van der Waals surface area contributed by atoms with Crippen molar-refractivity contribution in [2.75, 3.05) is 0 Å². The van der Waals surface area contributed by atoms with Gasteiger partial charge in [-0.25, -0.2) is 4.39 Å². The number of aliphatic hydroxyl groups excluding tert-OH is 1. The summed E-state index contributed by atoms with van der Waals surface area (Å²) in [7, 11) is 0. The summed E-state index contributed by atoms with van der Waals surface area (Å²) in [5, 5.41) is 9.95. The second kappa shape index (κ2) is 5.01. The van der Waals surface area contributed by atoms with Crippen molar-refractivity contribution < 1.29 is 22.7 Å². The number of aliphatic hydroxyl groups is 1. The van der Waals surface area contributed by atoms with Gasteiger partial charge in [0, 0.05) is 5.56 Å². The van der Waals surface area contributed by atoms with Crippen molar-refractivity contribution in [1.82, 2.24) is 0 Å². The van der Waals surface area contributed by atoms with Crippen LogP contribution in [0.15, 0.2) is 48.5 Å². The quantitative estimate of drug-likeness (QED) is 0.820. The molecule has 1 N–H and O–H groups in total. The van der Waals surface area contributed by atoms with Gasteiger partial charge in [0.25, 0.3) is 0 Å². The lowest BCUT2D eigenvalue weighted by Gasteiger charge is -2.13. The molecule has 0 saturated heterocycles. The maximum Gasteiger partial charge on any atom is 0.416 e. The van der Waals surface area contributed by atoms with Gasteiger partial charge in [0.2, 0.25) is 0 Å². The van der Waals surface area contributed by atoms with E-state index in [4.69, 9.17) is 0 Å². The minimum absolute atomic E-state index is 0.0299. The van der Waals surface area contributed by atoms with Gasteiger partial charge in [-0.2, -0.15) is 13.2 Å². The molecule has 2 aromatic rings.